The van der Waals surface area contributed by atoms with Gasteiger partial charge in [-0.1, -0.05) is 23.2 Å². The van der Waals surface area contributed by atoms with E-state index < -0.39 is 62.7 Å². The quantitative estimate of drug-likeness (QED) is 0.157. The van der Waals surface area contributed by atoms with Gasteiger partial charge in [0.15, 0.2) is 5.82 Å². The minimum absolute atomic E-state index is 0.0201. The van der Waals surface area contributed by atoms with Crippen LogP contribution in [0.3, 0.4) is 0 Å². The molecule has 0 spiro atoms. The van der Waals surface area contributed by atoms with E-state index in [1.807, 2.05) is 0 Å². The maximum atomic E-state index is 14.2. The van der Waals surface area contributed by atoms with Crippen LogP contribution in [-0.2, 0) is 11.0 Å². The first-order valence-electron chi connectivity index (χ1n) is 10.5. The smallest absolute Gasteiger partial charge is 0.394 e. The number of carbonyl (C=O) groups is 2. The lowest BCUT2D eigenvalue weighted by molar-refractivity contribution is -0.137. The number of nitrogens with one attached hydrogen (secondary N) is 2. The fraction of sp³-hybridized carbons (Fsp3) is 0.167. The molecule has 2 unspecified atom stereocenters. The molecule has 0 heterocycles. The Labute approximate surface area is 232 Å². The zero-order valence-electron chi connectivity index (χ0n) is 18.6. The van der Waals surface area contributed by atoms with Gasteiger partial charge in [0.25, 0.3) is 5.91 Å². The highest BCUT2D eigenvalue weighted by Crippen LogP contribution is 2.65. The number of carbonyl (C=O) groups excluding carboxylic acids is 2. The van der Waals surface area contributed by atoms with E-state index in [-0.39, 0.29) is 26.9 Å². The third-order valence-electron chi connectivity index (χ3n) is 5.80. The number of amides is 2. The van der Waals surface area contributed by atoms with Crippen LogP contribution in [0.25, 0.3) is 0 Å². The van der Waals surface area contributed by atoms with Crippen molar-refractivity contribution < 1.29 is 31.5 Å². The monoisotopic (exact) mass is 611 g/mol. The van der Waals surface area contributed by atoms with E-state index in [9.17, 15) is 31.5 Å². The van der Waals surface area contributed by atoms with Gasteiger partial charge in [0.05, 0.1) is 27.8 Å². The van der Waals surface area contributed by atoms with Gasteiger partial charge in [-0.2, -0.15) is 13.2 Å². The summed E-state index contributed by atoms with van der Waals surface area (Å²) >= 11 is 24.4. The number of alkyl halides is 5. The second-order valence-corrected chi connectivity index (χ2v) is 10.6. The highest BCUT2D eigenvalue weighted by Gasteiger charge is 2.67. The van der Waals surface area contributed by atoms with Crippen molar-refractivity contribution in [3.8, 4) is 0 Å². The molecule has 3 aromatic rings. The van der Waals surface area contributed by atoms with Crippen LogP contribution in [0.15, 0.2) is 48.5 Å². The fourth-order valence-electron chi connectivity index (χ4n) is 3.88. The normalized spacial score (nSPS) is 18.1. The Morgan fingerprint density at radius 1 is 0.947 bits per heavy atom. The molecule has 38 heavy (non-hydrogen) atoms. The number of hydrogen-bond donors (Lipinski definition) is 3. The molecule has 5 nitrogen and oxygen atoms in total. The third kappa shape index (κ3) is 5.49. The van der Waals surface area contributed by atoms with Gasteiger partial charge < -0.3 is 16.4 Å². The molecule has 0 saturated heterocycles. The number of halogens is 9. The first-order chi connectivity index (χ1) is 17.6. The first kappa shape index (κ1) is 28.2. The lowest BCUT2D eigenvalue weighted by Gasteiger charge is -2.12. The summed E-state index contributed by atoms with van der Waals surface area (Å²) in [6, 6.07) is 8.40. The number of hydrogen-bond acceptors (Lipinski definition) is 3. The number of rotatable bonds is 5. The molecule has 1 saturated carbocycles. The van der Waals surface area contributed by atoms with E-state index in [2.05, 4.69) is 10.6 Å². The minimum Gasteiger partial charge on any atom is -0.394 e. The Bertz CT molecular complexity index is 1470. The van der Waals surface area contributed by atoms with Gasteiger partial charge in [-0.3, -0.25) is 9.59 Å². The molecule has 1 fully saturated rings. The van der Waals surface area contributed by atoms with Gasteiger partial charge in [-0.05, 0) is 54.1 Å². The van der Waals surface area contributed by atoms with E-state index >= 15 is 0 Å². The summed E-state index contributed by atoms with van der Waals surface area (Å²) in [5.41, 5.74) is 2.96. The van der Waals surface area contributed by atoms with Crippen molar-refractivity contribution in [2.24, 2.45) is 5.92 Å². The molecule has 0 aliphatic heterocycles. The molecule has 4 rings (SSSR count). The summed E-state index contributed by atoms with van der Waals surface area (Å²) in [5, 5.41) is 4.42. The molecule has 0 bridgehead atoms. The molecule has 2 amide bonds. The summed E-state index contributed by atoms with van der Waals surface area (Å²) in [7, 11) is 0. The van der Waals surface area contributed by atoms with Gasteiger partial charge in [-0.25, -0.2) is 8.78 Å². The van der Waals surface area contributed by atoms with Crippen LogP contribution in [0.4, 0.5) is 39.0 Å². The molecule has 1 aliphatic rings. The number of nitrogen functional groups attached to an aromatic ring is 1. The Balaban J connectivity index is 1.54. The summed E-state index contributed by atoms with van der Waals surface area (Å²) in [6.45, 7) is 0. The van der Waals surface area contributed by atoms with E-state index in [1.54, 1.807) is 0 Å². The molecule has 3 aromatic carbocycles. The molecular weight excluding hydrogens is 599 g/mol. The van der Waals surface area contributed by atoms with E-state index in [1.165, 1.54) is 24.3 Å². The molecule has 14 heteroatoms. The SMILES string of the molecule is Nc1c(F)ccc(NC(=O)c2cc(NC(=O)C3C(c4cc(Cl)cc(C(F)(F)F)c4)C3(Cl)Cl)ccc2Cl)c1F. The summed E-state index contributed by atoms with van der Waals surface area (Å²) in [6.07, 6.45) is -4.68. The summed E-state index contributed by atoms with van der Waals surface area (Å²) < 4.78 is 65.5. The average Bonchev–Trinajstić information content (AvgIpc) is 3.41. The summed E-state index contributed by atoms with van der Waals surface area (Å²) in [5.74, 6) is -6.01. The van der Waals surface area contributed by atoms with E-state index in [0.717, 1.165) is 24.3 Å². The van der Waals surface area contributed by atoms with Crippen LogP contribution < -0.4 is 16.4 Å². The van der Waals surface area contributed by atoms with E-state index in [0.29, 0.717) is 0 Å². The van der Waals surface area contributed by atoms with Crippen molar-refractivity contribution in [1.29, 1.82) is 0 Å². The van der Waals surface area contributed by atoms with Crippen molar-refractivity contribution in [2.75, 3.05) is 16.4 Å². The van der Waals surface area contributed by atoms with Gasteiger partial charge in [0, 0.05) is 16.6 Å². The molecule has 2 atom stereocenters. The van der Waals surface area contributed by atoms with Crippen LogP contribution in [0.2, 0.25) is 10.0 Å². The van der Waals surface area contributed by atoms with Crippen molar-refractivity contribution in [3.63, 3.8) is 0 Å². The number of anilines is 3. The van der Waals surface area contributed by atoms with Crippen LogP contribution in [-0.4, -0.2) is 16.1 Å². The molecular formula is C24H14Cl4F5N3O2. The number of benzene rings is 3. The largest absolute Gasteiger partial charge is 0.416 e. The molecule has 4 N–H and O–H groups in total. The predicted octanol–water partition coefficient (Wildman–Crippen LogP) is 7.65. The average molecular weight is 613 g/mol. The van der Waals surface area contributed by atoms with E-state index in [4.69, 9.17) is 52.1 Å². The van der Waals surface area contributed by atoms with Crippen molar-refractivity contribution >= 4 is 75.3 Å². The fourth-order valence-corrected chi connectivity index (χ4v) is 5.15. The first-order valence-corrected chi connectivity index (χ1v) is 12.0. The Kier molecular flexibility index (Phi) is 7.48. The van der Waals surface area contributed by atoms with Crippen molar-refractivity contribution in [2.45, 2.75) is 16.4 Å². The van der Waals surface area contributed by atoms with Crippen molar-refractivity contribution in [1.82, 2.24) is 0 Å². The minimum atomic E-state index is -4.68. The molecule has 0 radical (unpaired) electrons. The van der Waals surface area contributed by atoms with Gasteiger partial charge in [-0.15, -0.1) is 23.2 Å². The van der Waals surface area contributed by atoms with Crippen LogP contribution in [0.1, 0.15) is 27.4 Å². The highest BCUT2D eigenvalue weighted by atomic mass is 35.5. The zero-order valence-corrected chi connectivity index (χ0v) is 21.6. The second kappa shape index (κ2) is 10.1. The lowest BCUT2D eigenvalue weighted by atomic mass is 10.0. The highest BCUT2D eigenvalue weighted by molar-refractivity contribution is 6.53. The molecule has 0 aromatic heterocycles. The third-order valence-corrected chi connectivity index (χ3v) is 7.28. The summed E-state index contributed by atoms with van der Waals surface area (Å²) in [4.78, 5) is 25.6. The van der Waals surface area contributed by atoms with Gasteiger partial charge >= 0.3 is 6.18 Å². The van der Waals surface area contributed by atoms with Gasteiger partial charge in [0.2, 0.25) is 5.91 Å². The zero-order chi connectivity index (χ0) is 28.2. The second-order valence-electron chi connectivity index (χ2n) is 8.36. The van der Waals surface area contributed by atoms with Crippen molar-refractivity contribution in [3.05, 3.63) is 86.9 Å². The van der Waals surface area contributed by atoms with Crippen LogP contribution in [0.5, 0.6) is 0 Å². The Morgan fingerprint density at radius 3 is 2.29 bits per heavy atom. The maximum Gasteiger partial charge on any atom is 0.416 e. The van der Waals surface area contributed by atoms with Gasteiger partial charge in [0.1, 0.15) is 15.8 Å². The topological polar surface area (TPSA) is 84.2 Å². The molecule has 200 valence electrons. The van der Waals surface area contributed by atoms with Crippen LogP contribution >= 0.6 is 46.4 Å². The molecule has 1 aliphatic carbocycles. The Hall–Kier alpha value is -2.79. The standard InChI is InChI=1S/C24H14Cl4F5N3O2/c25-11-6-9(5-10(7-11)24(31,32)33)17-18(23(17,27)28)22(38)35-12-1-2-14(26)13(8-12)21(37)36-16-4-3-15(29)20(34)19(16)30/h1-8,17-18H,34H2,(H,35,38)(H,36,37). The number of nitrogens with two attached hydrogens (primary N) is 1. The lowest BCUT2D eigenvalue weighted by Crippen LogP contribution is -2.18. The predicted molar refractivity (Wildman–Crippen MR) is 136 cm³/mol. The Morgan fingerprint density at radius 2 is 1.63 bits per heavy atom. The van der Waals surface area contributed by atoms with Crippen LogP contribution in [0, 0.1) is 17.6 Å². The maximum absolute atomic E-state index is 14.2.